The molecule has 0 aliphatic carbocycles. The van der Waals surface area contributed by atoms with Crippen LogP contribution in [0.4, 0.5) is 8.78 Å². The lowest BCUT2D eigenvalue weighted by molar-refractivity contribution is 0.144. The van der Waals surface area contributed by atoms with Crippen LogP contribution in [-0.2, 0) is 6.42 Å². The van der Waals surface area contributed by atoms with Gasteiger partial charge in [0.05, 0.1) is 31.2 Å². The van der Waals surface area contributed by atoms with Crippen molar-refractivity contribution in [1.82, 2.24) is 4.98 Å². The van der Waals surface area contributed by atoms with Crippen LogP contribution < -0.4 is 4.74 Å². The largest absolute Gasteiger partial charge is 0.481 e. The van der Waals surface area contributed by atoms with Gasteiger partial charge in [-0.15, -0.1) is 0 Å². The van der Waals surface area contributed by atoms with Gasteiger partial charge in [-0.05, 0) is 0 Å². The topological polar surface area (TPSA) is 69.7 Å². The predicted octanol–water partition coefficient (Wildman–Crippen LogP) is 1.97. The van der Waals surface area contributed by atoms with E-state index >= 15 is 0 Å². The number of rotatable bonds is 3. The van der Waals surface area contributed by atoms with Crippen molar-refractivity contribution in [2.24, 2.45) is 0 Å². The molecule has 0 radical (unpaired) electrons. The number of hydrogen-bond acceptors (Lipinski definition) is 4. The zero-order valence-corrected chi connectivity index (χ0v) is 8.37. The van der Waals surface area contributed by atoms with E-state index in [0.29, 0.717) is 0 Å². The lowest BCUT2D eigenvalue weighted by atomic mass is 10.0. The van der Waals surface area contributed by atoms with Gasteiger partial charge >= 0.3 is 0 Å². The Kier molecular flexibility index (Phi) is 3.73. The molecule has 0 aliphatic heterocycles. The number of halogens is 2. The van der Waals surface area contributed by atoms with Crippen molar-refractivity contribution < 1.29 is 13.5 Å². The van der Waals surface area contributed by atoms with Crippen LogP contribution in [0.25, 0.3) is 0 Å². The van der Waals surface area contributed by atoms with Crippen LogP contribution in [0.5, 0.6) is 5.88 Å². The van der Waals surface area contributed by atoms with Crippen molar-refractivity contribution in [1.29, 1.82) is 10.5 Å². The SMILES string of the molecule is COc1cc(C#N)c(CC#N)c(C(F)F)n1. The maximum atomic E-state index is 12.6. The Hall–Kier alpha value is -2.21. The molecule has 0 bridgehead atoms. The van der Waals surface area contributed by atoms with Crippen molar-refractivity contribution >= 4 is 0 Å². The Labute approximate surface area is 90.7 Å². The number of nitriles is 2. The summed E-state index contributed by atoms with van der Waals surface area (Å²) in [5.74, 6) is -0.0615. The fourth-order valence-corrected chi connectivity index (χ4v) is 1.22. The third-order valence-electron chi connectivity index (χ3n) is 1.92. The fraction of sp³-hybridized carbons (Fsp3) is 0.300. The number of alkyl halides is 2. The van der Waals surface area contributed by atoms with E-state index < -0.39 is 12.1 Å². The molecule has 6 heteroatoms. The second-order valence-corrected chi connectivity index (χ2v) is 2.82. The monoisotopic (exact) mass is 223 g/mol. The van der Waals surface area contributed by atoms with Crippen molar-refractivity contribution in [3.8, 4) is 18.0 Å². The number of aromatic nitrogens is 1. The number of ether oxygens (including phenoxy) is 1. The van der Waals surface area contributed by atoms with Gasteiger partial charge in [-0.1, -0.05) is 0 Å². The summed E-state index contributed by atoms with van der Waals surface area (Å²) in [6.45, 7) is 0. The first-order chi connectivity index (χ1) is 7.63. The molecular weight excluding hydrogens is 216 g/mol. The Morgan fingerprint density at radius 3 is 2.62 bits per heavy atom. The highest BCUT2D eigenvalue weighted by molar-refractivity contribution is 5.44. The van der Waals surface area contributed by atoms with Crippen LogP contribution in [0.2, 0.25) is 0 Å². The van der Waals surface area contributed by atoms with Gasteiger partial charge in [-0.3, -0.25) is 0 Å². The highest BCUT2D eigenvalue weighted by Gasteiger charge is 2.20. The Morgan fingerprint density at radius 1 is 1.50 bits per heavy atom. The van der Waals surface area contributed by atoms with Gasteiger partial charge in [0.25, 0.3) is 6.43 Å². The molecule has 0 unspecified atom stereocenters. The van der Waals surface area contributed by atoms with Crippen LogP contribution in [0.1, 0.15) is 23.2 Å². The number of pyridine rings is 1. The molecule has 1 aromatic rings. The summed E-state index contributed by atoms with van der Waals surface area (Å²) < 4.78 is 30.0. The van der Waals surface area contributed by atoms with Crippen LogP contribution in [0, 0.1) is 22.7 Å². The molecule has 1 aromatic heterocycles. The zero-order valence-electron chi connectivity index (χ0n) is 8.37. The maximum Gasteiger partial charge on any atom is 0.280 e. The quantitative estimate of drug-likeness (QED) is 0.785. The molecule has 0 fully saturated rings. The first kappa shape index (κ1) is 11.9. The summed E-state index contributed by atoms with van der Waals surface area (Å²) in [5.41, 5.74) is -0.623. The minimum absolute atomic E-state index is 0.0105. The minimum Gasteiger partial charge on any atom is -0.481 e. The smallest absolute Gasteiger partial charge is 0.280 e. The average Bonchev–Trinajstić information content (AvgIpc) is 2.29. The van der Waals surface area contributed by atoms with Gasteiger partial charge in [0.15, 0.2) is 0 Å². The highest BCUT2D eigenvalue weighted by Crippen LogP contribution is 2.26. The van der Waals surface area contributed by atoms with Crippen molar-refractivity contribution in [2.45, 2.75) is 12.8 Å². The Bertz CT molecular complexity index is 474. The highest BCUT2D eigenvalue weighted by atomic mass is 19.3. The van der Waals surface area contributed by atoms with Crippen molar-refractivity contribution in [3.63, 3.8) is 0 Å². The third-order valence-corrected chi connectivity index (χ3v) is 1.92. The van der Waals surface area contributed by atoms with E-state index in [1.807, 2.05) is 0 Å². The molecule has 0 spiro atoms. The average molecular weight is 223 g/mol. The van der Waals surface area contributed by atoms with Crippen LogP contribution >= 0.6 is 0 Å². The number of methoxy groups -OCH3 is 1. The number of nitrogens with zero attached hydrogens (tertiary/aromatic N) is 3. The van der Waals surface area contributed by atoms with E-state index in [1.165, 1.54) is 13.2 Å². The fourth-order valence-electron chi connectivity index (χ4n) is 1.22. The van der Waals surface area contributed by atoms with E-state index in [0.717, 1.165) is 0 Å². The van der Waals surface area contributed by atoms with Crippen LogP contribution in [0.15, 0.2) is 6.07 Å². The zero-order chi connectivity index (χ0) is 12.1. The van der Waals surface area contributed by atoms with Gasteiger partial charge in [-0.25, -0.2) is 13.8 Å². The van der Waals surface area contributed by atoms with Gasteiger partial charge in [0, 0.05) is 11.6 Å². The second kappa shape index (κ2) is 5.04. The van der Waals surface area contributed by atoms with E-state index in [4.69, 9.17) is 15.3 Å². The summed E-state index contributed by atoms with van der Waals surface area (Å²) in [5, 5.41) is 17.3. The van der Waals surface area contributed by atoms with E-state index in [-0.39, 0.29) is 23.4 Å². The predicted molar refractivity (Wildman–Crippen MR) is 49.8 cm³/mol. The van der Waals surface area contributed by atoms with Crippen LogP contribution in [0.3, 0.4) is 0 Å². The third kappa shape index (κ3) is 2.23. The molecule has 0 saturated carbocycles. The first-order valence-electron chi connectivity index (χ1n) is 4.27. The molecular formula is C10H7F2N3O. The van der Waals surface area contributed by atoms with Gasteiger partial charge in [0.1, 0.15) is 5.69 Å². The molecule has 0 aromatic carbocycles. The molecule has 0 aliphatic rings. The summed E-state index contributed by atoms with van der Waals surface area (Å²) in [7, 11) is 1.27. The summed E-state index contributed by atoms with van der Waals surface area (Å²) >= 11 is 0. The molecule has 1 heterocycles. The Morgan fingerprint density at radius 2 is 2.19 bits per heavy atom. The molecule has 16 heavy (non-hydrogen) atoms. The molecule has 4 nitrogen and oxygen atoms in total. The summed E-state index contributed by atoms with van der Waals surface area (Å²) in [4.78, 5) is 3.54. The lowest BCUT2D eigenvalue weighted by Crippen LogP contribution is -2.03. The van der Waals surface area contributed by atoms with Gasteiger partial charge in [-0.2, -0.15) is 10.5 Å². The lowest BCUT2D eigenvalue weighted by Gasteiger charge is -2.09. The Balaban J connectivity index is 3.43. The maximum absolute atomic E-state index is 12.6. The van der Waals surface area contributed by atoms with E-state index in [9.17, 15) is 8.78 Å². The van der Waals surface area contributed by atoms with Gasteiger partial charge in [0.2, 0.25) is 5.88 Å². The summed E-state index contributed by atoms with van der Waals surface area (Å²) in [6, 6.07) is 4.71. The molecule has 1 rings (SSSR count). The molecule has 0 saturated heterocycles. The second-order valence-electron chi connectivity index (χ2n) is 2.82. The number of hydrogen-bond donors (Lipinski definition) is 0. The van der Waals surface area contributed by atoms with E-state index in [2.05, 4.69) is 4.98 Å². The van der Waals surface area contributed by atoms with Crippen molar-refractivity contribution in [2.75, 3.05) is 7.11 Å². The van der Waals surface area contributed by atoms with E-state index in [1.54, 1.807) is 12.1 Å². The first-order valence-corrected chi connectivity index (χ1v) is 4.27. The molecule has 0 atom stereocenters. The summed E-state index contributed by atoms with van der Waals surface area (Å²) in [6.07, 6.45) is -3.12. The molecule has 0 N–H and O–H groups in total. The van der Waals surface area contributed by atoms with Crippen molar-refractivity contribution in [3.05, 3.63) is 22.9 Å². The minimum atomic E-state index is -2.84. The molecule has 82 valence electrons. The standard InChI is InChI=1S/C10H7F2N3O/c1-16-8-4-6(5-14)7(2-3-13)9(15-8)10(11)12/h4,10H,2H2,1H3. The van der Waals surface area contributed by atoms with Gasteiger partial charge < -0.3 is 4.74 Å². The normalized spacial score (nSPS) is 9.62. The molecule has 0 amide bonds. The van der Waals surface area contributed by atoms with Crippen LogP contribution in [-0.4, -0.2) is 12.1 Å².